The van der Waals surface area contributed by atoms with Gasteiger partial charge in [0.15, 0.2) is 5.82 Å². The van der Waals surface area contributed by atoms with Crippen LogP contribution in [0, 0.1) is 0 Å². The highest BCUT2D eigenvalue weighted by Crippen LogP contribution is 2.15. The van der Waals surface area contributed by atoms with Crippen LogP contribution in [0.5, 0.6) is 0 Å². The number of hydrogen-bond acceptors (Lipinski definition) is 4. The number of halogens is 1. The minimum absolute atomic E-state index is 0.329. The summed E-state index contributed by atoms with van der Waals surface area (Å²) in [6, 6.07) is 0. The molecular formula is C8H8ClN5. The first-order chi connectivity index (χ1) is 6.75. The molecule has 0 spiro atoms. The van der Waals surface area contributed by atoms with E-state index in [9.17, 15) is 0 Å². The van der Waals surface area contributed by atoms with Crippen LogP contribution in [0.2, 0.25) is 5.02 Å². The molecule has 0 radical (unpaired) electrons. The third-order valence-corrected chi connectivity index (χ3v) is 1.98. The lowest BCUT2D eigenvalue weighted by Gasteiger charge is -1.98. The molecule has 2 N–H and O–H groups in total. The molecule has 0 aromatic carbocycles. The fraction of sp³-hybridized carbons (Fsp3) is 0.125. The van der Waals surface area contributed by atoms with Crippen molar-refractivity contribution in [3.8, 4) is 0 Å². The van der Waals surface area contributed by atoms with Crippen LogP contribution in [-0.2, 0) is 6.54 Å². The molecule has 14 heavy (non-hydrogen) atoms. The zero-order valence-electron chi connectivity index (χ0n) is 7.26. The number of aromatic nitrogens is 4. The molecule has 0 atom stereocenters. The van der Waals surface area contributed by atoms with Gasteiger partial charge in [-0.3, -0.25) is 14.6 Å². The molecule has 72 valence electrons. The Hall–Kier alpha value is -1.62. The Bertz CT molecular complexity index is 405. The first-order valence-electron chi connectivity index (χ1n) is 3.99. The van der Waals surface area contributed by atoms with Crippen molar-refractivity contribution in [3.63, 3.8) is 0 Å². The van der Waals surface area contributed by atoms with E-state index in [2.05, 4.69) is 15.1 Å². The second kappa shape index (κ2) is 3.63. The Morgan fingerprint density at radius 3 is 2.86 bits per heavy atom. The Morgan fingerprint density at radius 1 is 1.43 bits per heavy atom. The van der Waals surface area contributed by atoms with Gasteiger partial charge < -0.3 is 5.73 Å². The van der Waals surface area contributed by atoms with Gasteiger partial charge in [-0.25, -0.2) is 0 Å². The molecule has 0 saturated heterocycles. The maximum atomic E-state index is 5.75. The van der Waals surface area contributed by atoms with Crippen molar-refractivity contribution < 1.29 is 0 Å². The molecule has 0 aliphatic heterocycles. The van der Waals surface area contributed by atoms with E-state index in [0.717, 1.165) is 5.69 Å². The van der Waals surface area contributed by atoms with Gasteiger partial charge in [0.2, 0.25) is 0 Å². The van der Waals surface area contributed by atoms with Gasteiger partial charge in [0.1, 0.15) is 5.02 Å². The van der Waals surface area contributed by atoms with E-state index >= 15 is 0 Å². The average Bonchev–Trinajstić information content (AvgIpc) is 2.47. The summed E-state index contributed by atoms with van der Waals surface area (Å²) in [5, 5.41) is 4.45. The van der Waals surface area contributed by atoms with Crippen LogP contribution < -0.4 is 5.73 Å². The summed E-state index contributed by atoms with van der Waals surface area (Å²) in [7, 11) is 0. The molecule has 2 heterocycles. The lowest BCUT2D eigenvalue weighted by Crippen LogP contribution is -2.03. The summed E-state index contributed by atoms with van der Waals surface area (Å²) < 4.78 is 1.63. The van der Waals surface area contributed by atoms with Gasteiger partial charge in [0.25, 0.3) is 0 Å². The van der Waals surface area contributed by atoms with Crippen molar-refractivity contribution in [2.45, 2.75) is 6.54 Å². The predicted octanol–water partition coefficient (Wildman–Crippen LogP) is 0.957. The third-order valence-electron chi connectivity index (χ3n) is 1.68. The van der Waals surface area contributed by atoms with Crippen molar-refractivity contribution >= 4 is 17.4 Å². The second-order valence-electron chi connectivity index (χ2n) is 2.76. The summed E-state index contributed by atoms with van der Waals surface area (Å²) in [6.07, 6.45) is 6.58. The molecule has 2 rings (SSSR count). The smallest absolute Gasteiger partial charge is 0.164 e. The molecular weight excluding hydrogens is 202 g/mol. The topological polar surface area (TPSA) is 69.6 Å². The summed E-state index contributed by atoms with van der Waals surface area (Å²) in [6.45, 7) is 0.519. The molecule has 0 amide bonds. The van der Waals surface area contributed by atoms with E-state index in [1.54, 1.807) is 29.5 Å². The fourth-order valence-corrected chi connectivity index (χ4v) is 1.22. The van der Waals surface area contributed by atoms with Crippen molar-refractivity contribution in [1.29, 1.82) is 0 Å². The minimum Gasteiger partial charge on any atom is -0.381 e. The van der Waals surface area contributed by atoms with Crippen LogP contribution in [0.4, 0.5) is 5.82 Å². The number of nitrogens with zero attached hydrogens (tertiary/aromatic N) is 4. The van der Waals surface area contributed by atoms with Crippen LogP contribution in [0.25, 0.3) is 0 Å². The van der Waals surface area contributed by atoms with Crippen molar-refractivity contribution in [2.75, 3.05) is 5.73 Å². The number of hydrogen-bond donors (Lipinski definition) is 1. The molecule has 0 saturated carbocycles. The maximum absolute atomic E-state index is 5.75. The third kappa shape index (κ3) is 1.82. The minimum atomic E-state index is 0.329. The van der Waals surface area contributed by atoms with Crippen LogP contribution in [0.3, 0.4) is 0 Å². The van der Waals surface area contributed by atoms with Gasteiger partial charge in [0.05, 0.1) is 18.4 Å². The fourth-order valence-electron chi connectivity index (χ4n) is 1.07. The largest absolute Gasteiger partial charge is 0.381 e. The summed E-state index contributed by atoms with van der Waals surface area (Å²) >= 11 is 5.75. The van der Waals surface area contributed by atoms with Gasteiger partial charge in [-0.1, -0.05) is 11.6 Å². The van der Waals surface area contributed by atoms with Crippen LogP contribution in [-0.4, -0.2) is 19.7 Å². The number of anilines is 1. The van der Waals surface area contributed by atoms with Crippen LogP contribution in [0.1, 0.15) is 5.69 Å². The van der Waals surface area contributed by atoms with E-state index in [-0.39, 0.29) is 0 Å². The highest BCUT2D eigenvalue weighted by molar-refractivity contribution is 6.32. The summed E-state index contributed by atoms with van der Waals surface area (Å²) in [5.41, 5.74) is 6.31. The van der Waals surface area contributed by atoms with E-state index in [1.165, 1.54) is 0 Å². The van der Waals surface area contributed by atoms with Crippen molar-refractivity contribution in [3.05, 3.63) is 35.5 Å². The lowest BCUT2D eigenvalue weighted by molar-refractivity contribution is 0.673. The Labute approximate surface area is 85.5 Å². The van der Waals surface area contributed by atoms with Gasteiger partial charge >= 0.3 is 0 Å². The quantitative estimate of drug-likeness (QED) is 0.800. The first-order valence-corrected chi connectivity index (χ1v) is 4.37. The molecule has 0 bridgehead atoms. The molecule has 2 aromatic heterocycles. The Morgan fingerprint density at radius 2 is 2.29 bits per heavy atom. The zero-order chi connectivity index (χ0) is 9.97. The second-order valence-corrected chi connectivity index (χ2v) is 3.16. The number of nitrogen functional groups attached to an aromatic ring is 1. The Kier molecular flexibility index (Phi) is 2.32. The number of rotatable bonds is 2. The monoisotopic (exact) mass is 209 g/mol. The van der Waals surface area contributed by atoms with E-state index in [4.69, 9.17) is 17.3 Å². The molecule has 5 nitrogen and oxygen atoms in total. The first kappa shape index (κ1) is 8.96. The molecule has 0 aliphatic rings. The predicted molar refractivity (Wildman–Crippen MR) is 52.8 cm³/mol. The van der Waals surface area contributed by atoms with Crippen molar-refractivity contribution in [1.82, 2.24) is 19.7 Å². The molecule has 6 heteroatoms. The van der Waals surface area contributed by atoms with E-state index < -0.39 is 0 Å². The lowest BCUT2D eigenvalue weighted by atomic mass is 10.4. The SMILES string of the molecule is Nc1nn(Cc2cnccn2)cc1Cl. The van der Waals surface area contributed by atoms with Gasteiger partial charge in [-0.15, -0.1) is 0 Å². The highest BCUT2D eigenvalue weighted by Gasteiger charge is 2.03. The van der Waals surface area contributed by atoms with Crippen molar-refractivity contribution in [2.24, 2.45) is 0 Å². The normalized spacial score (nSPS) is 10.4. The van der Waals surface area contributed by atoms with E-state index in [0.29, 0.717) is 17.4 Å². The molecule has 0 fully saturated rings. The molecule has 0 unspecified atom stereocenters. The maximum Gasteiger partial charge on any atom is 0.164 e. The summed E-state index contributed by atoms with van der Waals surface area (Å²) in [4.78, 5) is 8.05. The van der Waals surface area contributed by atoms with Gasteiger partial charge in [0, 0.05) is 18.6 Å². The standard InChI is InChI=1S/C8H8ClN5/c9-7-5-14(13-8(7)10)4-6-3-11-1-2-12-6/h1-3,5H,4H2,(H2,10,13). The zero-order valence-corrected chi connectivity index (χ0v) is 8.02. The Balaban J connectivity index is 2.19. The molecule has 0 aliphatic carbocycles. The number of nitrogens with two attached hydrogens (primary N) is 1. The average molecular weight is 210 g/mol. The van der Waals surface area contributed by atoms with Gasteiger partial charge in [-0.05, 0) is 0 Å². The van der Waals surface area contributed by atoms with Gasteiger partial charge in [-0.2, -0.15) is 5.10 Å². The van der Waals surface area contributed by atoms with E-state index in [1.807, 2.05) is 0 Å². The van der Waals surface area contributed by atoms with Crippen LogP contribution in [0.15, 0.2) is 24.8 Å². The van der Waals surface area contributed by atoms with Crippen LogP contribution >= 0.6 is 11.6 Å². The summed E-state index contributed by atoms with van der Waals surface area (Å²) in [5.74, 6) is 0.329. The molecule has 2 aromatic rings. The highest BCUT2D eigenvalue weighted by atomic mass is 35.5.